The van der Waals surface area contributed by atoms with E-state index in [4.69, 9.17) is 0 Å². The van der Waals surface area contributed by atoms with E-state index in [1.54, 1.807) is 0 Å². The Labute approximate surface area is 118 Å². The minimum atomic E-state index is -0.0223. The first kappa shape index (κ1) is 15.2. The zero-order valence-electron chi connectivity index (χ0n) is 12.9. The van der Waals surface area contributed by atoms with Gasteiger partial charge in [-0.3, -0.25) is 0 Å². The summed E-state index contributed by atoms with van der Waals surface area (Å²) >= 11 is 0. The minimum Gasteiger partial charge on any atom is -0.394 e. The summed E-state index contributed by atoms with van der Waals surface area (Å²) < 4.78 is 0. The molecule has 2 aliphatic heterocycles. The van der Waals surface area contributed by atoms with Crippen LogP contribution < -0.4 is 5.32 Å². The van der Waals surface area contributed by atoms with Crippen molar-refractivity contribution in [3.63, 3.8) is 0 Å². The van der Waals surface area contributed by atoms with Gasteiger partial charge in [0.1, 0.15) is 0 Å². The lowest BCUT2D eigenvalue weighted by Crippen LogP contribution is -2.59. The summed E-state index contributed by atoms with van der Waals surface area (Å²) in [6, 6.07) is 1.35. The van der Waals surface area contributed by atoms with Crippen LogP contribution in [0.3, 0.4) is 0 Å². The van der Waals surface area contributed by atoms with Gasteiger partial charge in [0, 0.05) is 30.7 Å². The summed E-state index contributed by atoms with van der Waals surface area (Å²) in [7, 11) is 2.25. The highest BCUT2D eigenvalue weighted by Crippen LogP contribution is 2.39. The third kappa shape index (κ3) is 3.30. The van der Waals surface area contributed by atoms with Gasteiger partial charge in [0.15, 0.2) is 0 Å². The highest BCUT2D eigenvalue weighted by atomic mass is 16.3. The average molecular weight is 269 g/mol. The lowest BCUT2D eigenvalue weighted by Gasteiger charge is -2.45. The van der Waals surface area contributed by atoms with Gasteiger partial charge in [-0.05, 0) is 45.8 Å². The van der Waals surface area contributed by atoms with E-state index in [0.29, 0.717) is 12.1 Å². The lowest BCUT2D eigenvalue weighted by molar-refractivity contribution is 0.0461. The van der Waals surface area contributed by atoms with E-state index in [-0.39, 0.29) is 12.1 Å². The molecular weight excluding hydrogens is 238 g/mol. The Bertz CT molecular complexity index is 267. The number of aliphatic hydroxyl groups is 1. The summed E-state index contributed by atoms with van der Waals surface area (Å²) in [5, 5.41) is 13.6. The first-order valence-corrected chi connectivity index (χ1v) is 7.94. The smallest absolute Gasteiger partial charge is 0.0614 e. The number of aliphatic hydroxyl groups excluding tert-OH is 1. The third-order valence-electron chi connectivity index (χ3n) is 5.36. The van der Waals surface area contributed by atoms with Crippen LogP contribution in [0.25, 0.3) is 0 Å². The van der Waals surface area contributed by atoms with Crippen molar-refractivity contribution in [3.05, 3.63) is 0 Å². The Morgan fingerprint density at radius 3 is 2.26 bits per heavy atom. The van der Waals surface area contributed by atoms with E-state index < -0.39 is 0 Å². The number of hydrogen-bond donors (Lipinski definition) is 2. The zero-order valence-corrected chi connectivity index (χ0v) is 12.9. The molecule has 2 saturated heterocycles. The van der Waals surface area contributed by atoms with Crippen molar-refractivity contribution >= 4 is 0 Å². The van der Waals surface area contributed by atoms with E-state index in [9.17, 15) is 5.11 Å². The Morgan fingerprint density at radius 1 is 1.21 bits per heavy atom. The van der Waals surface area contributed by atoms with Gasteiger partial charge in [-0.15, -0.1) is 0 Å². The van der Waals surface area contributed by atoms with Crippen LogP contribution in [-0.2, 0) is 0 Å². The molecule has 4 nitrogen and oxygen atoms in total. The molecule has 2 atom stereocenters. The highest BCUT2D eigenvalue weighted by Gasteiger charge is 2.46. The van der Waals surface area contributed by atoms with Crippen LogP contribution in [0.4, 0.5) is 0 Å². The van der Waals surface area contributed by atoms with Gasteiger partial charge in [0.25, 0.3) is 0 Å². The highest BCUT2D eigenvalue weighted by molar-refractivity contribution is 5.04. The molecule has 4 heteroatoms. The Morgan fingerprint density at radius 2 is 1.79 bits per heavy atom. The van der Waals surface area contributed by atoms with Gasteiger partial charge < -0.3 is 20.2 Å². The van der Waals surface area contributed by atoms with E-state index in [1.165, 1.54) is 12.8 Å². The first-order valence-electron chi connectivity index (χ1n) is 7.94. The predicted octanol–water partition coefficient (Wildman–Crippen LogP) is 0.906. The molecule has 112 valence electrons. The van der Waals surface area contributed by atoms with Crippen molar-refractivity contribution in [3.8, 4) is 0 Å². The summed E-state index contributed by atoms with van der Waals surface area (Å²) in [6.07, 6.45) is 4.82. The van der Waals surface area contributed by atoms with Crippen LogP contribution in [0.2, 0.25) is 0 Å². The molecule has 0 aliphatic carbocycles. The summed E-state index contributed by atoms with van der Waals surface area (Å²) in [6.45, 7) is 9.00. The van der Waals surface area contributed by atoms with Crippen LogP contribution in [0.1, 0.15) is 39.5 Å². The van der Waals surface area contributed by atoms with Crippen molar-refractivity contribution in [2.75, 3.05) is 39.8 Å². The number of nitrogens with zero attached hydrogens (tertiary/aromatic N) is 2. The molecule has 2 fully saturated rings. The van der Waals surface area contributed by atoms with Crippen molar-refractivity contribution < 1.29 is 5.11 Å². The van der Waals surface area contributed by atoms with Crippen molar-refractivity contribution in [1.29, 1.82) is 0 Å². The fourth-order valence-electron chi connectivity index (χ4n) is 3.92. The van der Waals surface area contributed by atoms with Gasteiger partial charge >= 0.3 is 0 Å². The van der Waals surface area contributed by atoms with Gasteiger partial charge in [0.2, 0.25) is 0 Å². The molecule has 0 aromatic rings. The van der Waals surface area contributed by atoms with Crippen LogP contribution in [-0.4, -0.2) is 72.4 Å². The largest absolute Gasteiger partial charge is 0.394 e. The summed E-state index contributed by atoms with van der Waals surface area (Å²) in [4.78, 5) is 4.96. The maximum absolute atomic E-state index is 9.88. The number of fused-ring (bicyclic) bond motifs is 2. The topological polar surface area (TPSA) is 38.7 Å². The van der Waals surface area contributed by atoms with E-state index in [0.717, 1.165) is 39.0 Å². The molecule has 0 aromatic carbocycles. The molecule has 2 bridgehead atoms. The average Bonchev–Trinajstić information content (AvgIpc) is 2.67. The van der Waals surface area contributed by atoms with E-state index >= 15 is 0 Å². The number of hydrogen-bond acceptors (Lipinski definition) is 4. The summed E-state index contributed by atoms with van der Waals surface area (Å²) in [5.41, 5.74) is -0.0223. The molecule has 0 radical (unpaired) electrons. The van der Waals surface area contributed by atoms with Crippen molar-refractivity contribution in [2.24, 2.45) is 0 Å². The Kier molecular flexibility index (Phi) is 5.23. The SMILES string of the molecule is CCN(CC)CCNC1(CO)CC2CCC(C1)N2C. The van der Waals surface area contributed by atoms with Crippen LogP contribution in [0.5, 0.6) is 0 Å². The Balaban J connectivity index is 1.86. The first-order chi connectivity index (χ1) is 9.14. The number of nitrogens with one attached hydrogen (secondary N) is 1. The maximum Gasteiger partial charge on any atom is 0.0614 e. The second-order valence-corrected chi connectivity index (χ2v) is 6.35. The fraction of sp³-hybridized carbons (Fsp3) is 1.00. The molecule has 0 amide bonds. The molecule has 0 saturated carbocycles. The van der Waals surface area contributed by atoms with Gasteiger partial charge in [-0.1, -0.05) is 13.8 Å². The van der Waals surface area contributed by atoms with Gasteiger partial charge in [-0.25, -0.2) is 0 Å². The van der Waals surface area contributed by atoms with Crippen molar-refractivity contribution in [1.82, 2.24) is 15.1 Å². The van der Waals surface area contributed by atoms with Crippen molar-refractivity contribution in [2.45, 2.75) is 57.2 Å². The molecule has 2 rings (SSSR count). The molecule has 2 unspecified atom stereocenters. The van der Waals surface area contributed by atoms with Crippen LogP contribution in [0.15, 0.2) is 0 Å². The molecule has 2 heterocycles. The summed E-state index contributed by atoms with van der Waals surface area (Å²) in [5.74, 6) is 0. The van der Waals surface area contributed by atoms with E-state index in [1.807, 2.05) is 0 Å². The number of likely N-dealkylation sites (N-methyl/N-ethyl adjacent to an activating group) is 1. The second-order valence-electron chi connectivity index (χ2n) is 6.35. The maximum atomic E-state index is 9.88. The van der Waals surface area contributed by atoms with Gasteiger partial charge in [-0.2, -0.15) is 0 Å². The minimum absolute atomic E-state index is 0.0223. The Hall–Kier alpha value is -0.160. The number of piperidine rings is 1. The molecule has 0 aromatic heterocycles. The van der Waals surface area contributed by atoms with E-state index in [2.05, 4.69) is 36.0 Å². The lowest BCUT2D eigenvalue weighted by atomic mass is 9.83. The van der Waals surface area contributed by atoms with Crippen LogP contribution in [0, 0.1) is 0 Å². The number of rotatable bonds is 7. The molecule has 2 aliphatic rings. The second kappa shape index (κ2) is 6.53. The molecule has 2 N–H and O–H groups in total. The quantitative estimate of drug-likeness (QED) is 0.720. The van der Waals surface area contributed by atoms with Gasteiger partial charge in [0.05, 0.1) is 6.61 Å². The van der Waals surface area contributed by atoms with Crippen LogP contribution >= 0.6 is 0 Å². The molecule has 19 heavy (non-hydrogen) atoms. The molecule has 0 spiro atoms. The third-order valence-corrected chi connectivity index (χ3v) is 5.36. The fourth-order valence-corrected chi connectivity index (χ4v) is 3.92. The zero-order chi connectivity index (χ0) is 13.9. The normalized spacial score (nSPS) is 35.2. The predicted molar refractivity (Wildman–Crippen MR) is 79.4 cm³/mol. The standard InChI is InChI=1S/C15H31N3O/c1-4-18(5-2)9-8-16-15(12-19)10-13-6-7-14(11-15)17(13)3/h13-14,16,19H,4-12H2,1-3H3. The monoisotopic (exact) mass is 269 g/mol. The molecular formula is C15H31N3O.